The Morgan fingerprint density at radius 1 is 1.29 bits per heavy atom. The zero-order chi connectivity index (χ0) is 15.4. The lowest BCUT2D eigenvalue weighted by Gasteiger charge is -2.16. The van der Waals surface area contributed by atoms with E-state index in [-0.39, 0.29) is 18.4 Å². The Hall–Kier alpha value is -1.79. The second-order valence-electron chi connectivity index (χ2n) is 4.63. The van der Waals surface area contributed by atoms with Crippen LogP contribution in [0.5, 0.6) is 0 Å². The van der Waals surface area contributed by atoms with Gasteiger partial charge in [-0.3, -0.25) is 4.79 Å². The van der Waals surface area contributed by atoms with Crippen LogP contribution >= 0.6 is 11.3 Å². The SMILES string of the molecule is CC(C(=O)NCC(O)c1c(F)cccc1F)c1cccs1. The van der Waals surface area contributed by atoms with E-state index in [1.807, 2.05) is 17.5 Å². The van der Waals surface area contributed by atoms with Crippen molar-refractivity contribution in [3.8, 4) is 0 Å². The van der Waals surface area contributed by atoms with Gasteiger partial charge in [-0.15, -0.1) is 11.3 Å². The fourth-order valence-corrected chi connectivity index (χ4v) is 2.73. The lowest BCUT2D eigenvalue weighted by Crippen LogP contribution is -2.32. The van der Waals surface area contributed by atoms with E-state index in [1.54, 1.807) is 6.92 Å². The van der Waals surface area contributed by atoms with E-state index in [1.165, 1.54) is 17.4 Å². The van der Waals surface area contributed by atoms with Gasteiger partial charge in [0.2, 0.25) is 5.91 Å². The predicted octanol–water partition coefficient (Wildman–Crippen LogP) is 2.98. The molecule has 2 N–H and O–H groups in total. The number of carbonyl (C=O) groups excluding carboxylic acids is 1. The molecule has 1 aromatic carbocycles. The van der Waals surface area contributed by atoms with Crippen molar-refractivity contribution in [3.05, 3.63) is 57.8 Å². The van der Waals surface area contributed by atoms with Crippen molar-refractivity contribution in [2.24, 2.45) is 0 Å². The number of thiophene rings is 1. The van der Waals surface area contributed by atoms with Crippen LogP contribution in [0.2, 0.25) is 0 Å². The molecule has 0 aliphatic carbocycles. The molecule has 0 spiro atoms. The van der Waals surface area contributed by atoms with Crippen molar-refractivity contribution >= 4 is 17.2 Å². The molecule has 2 rings (SSSR count). The molecule has 112 valence electrons. The summed E-state index contributed by atoms with van der Waals surface area (Å²) in [5.41, 5.74) is -0.429. The van der Waals surface area contributed by atoms with Gasteiger partial charge in [-0.1, -0.05) is 12.1 Å². The molecule has 0 aliphatic heterocycles. The van der Waals surface area contributed by atoms with Gasteiger partial charge in [0.05, 0.1) is 11.5 Å². The van der Waals surface area contributed by atoms with E-state index in [0.717, 1.165) is 17.0 Å². The quantitative estimate of drug-likeness (QED) is 0.892. The van der Waals surface area contributed by atoms with Crippen LogP contribution in [0.3, 0.4) is 0 Å². The highest BCUT2D eigenvalue weighted by Gasteiger charge is 2.21. The normalized spacial score (nSPS) is 13.7. The minimum Gasteiger partial charge on any atom is -0.386 e. The van der Waals surface area contributed by atoms with Crippen LogP contribution in [0.1, 0.15) is 29.4 Å². The van der Waals surface area contributed by atoms with Crippen LogP contribution in [-0.2, 0) is 4.79 Å². The van der Waals surface area contributed by atoms with Crippen molar-refractivity contribution in [2.75, 3.05) is 6.54 Å². The number of amides is 1. The summed E-state index contributed by atoms with van der Waals surface area (Å²) in [6, 6.07) is 7.03. The van der Waals surface area contributed by atoms with Gasteiger partial charge in [-0.2, -0.15) is 0 Å². The molecular formula is C15H15F2NO2S. The number of hydrogen-bond acceptors (Lipinski definition) is 3. The molecule has 1 amide bonds. The fourth-order valence-electron chi connectivity index (χ4n) is 1.95. The zero-order valence-electron chi connectivity index (χ0n) is 11.3. The summed E-state index contributed by atoms with van der Waals surface area (Å²) in [6.07, 6.45) is -1.43. The standard InChI is InChI=1S/C15H15F2NO2S/c1-9(13-6-3-7-21-13)15(20)18-8-12(19)14-10(16)4-2-5-11(14)17/h2-7,9,12,19H,8H2,1H3,(H,18,20). The summed E-state index contributed by atoms with van der Waals surface area (Å²) in [5.74, 6) is -2.33. The monoisotopic (exact) mass is 311 g/mol. The van der Waals surface area contributed by atoms with Crippen LogP contribution in [0.15, 0.2) is 35.7 Å². The van der Waals surface area contributed by atoms with Crippen LogP contribution in [0, 0.1) is 11.6 Å². The number of hydrogen-bond donors (Lipinski definition) is 2. The Morgan fingerprint density at radius 3 is 2.52 bits per heavy atom. The molecule has 2 unspecified atom stereocenters. The van der Waals surface area contributed by atoms with E-state index >= 15 is 0 Å². The minimum atomic E-state index is -1.43. The van der Waals surface area contributed by atoms with Gasteiger partial charge in [0.1, 0.15) is 17.7 Å². The molecule has 1 heterocycles. The average molecular weight is 311 g/mol. The van der Waals surface area contributed by atoms with Gasteiger partial charge in [0.25, 0.3) is 0 Å². The lowest BCUT2D eigenvalue weighted by atomic mass is 10.1. The number of rotatable bonds is 5. The van der Waals surface area contributed by atoms with Crippen LogP contribution < -0.4 is 5.32 Å². The molecule has 0 fully saturated rings. The van der Waals surface area contributed by atoms with Gasteiger partial charge in [-0.25, -0.2) is 8.78 Å². The third-order valence-electron chi connectivity index (χ3n) is 3.17. The summed E-state index contributed by atoms with van der Waals surface area (Å²) >= 11 is 1.45. The predicted molar refractivity (Wildman–Crippen MR) is 77.1 cm³/mol. The maximum Gasteiger partial charge on any atom is 0.228 e. The molecule has 6 heteroatoms. The maximum atomic E-state index is 13.5. The largest absolute Gasteiger partial charge is 0.386 e. The first kappa shape index (κ1) is 15.6. The van der Waals surface area contributed by atoms with Gasteiger partial charge in [-0.05, 0) is 30.5 Å². The fraction of sp³-hybridized carbons (Fsp3) is 0.267. The molecule has 0 saturated carbocycles. The Kier molecular flexibility index (Phi) is 5.03. The van der Waals surface area contributed by atoms with Gasteiger partial charge < -0.3 is 10.4 Å². The minimum absolute atomic E-state index is 0.244. The molecule has 0 bridgehead atoms. The first-order valence-electron chi connectivity index (χ1n) is 6.43. The summed E-state index contributed by atoms with van der Waals surface area (Å²) < 4.78 is 27.0. The first-order chi connectivity index (χ1) is 10.0. The number of nitrogens with one attached hydrogen (secondary N) is 1. The van der Waals surface area contributed by atoms with E-state index in [9.17, 15) is 18.7 Å². The second kappa shape index (κ2) is 6.78. The molecule has 0 saturated heterocycles. The summed E-state index contributed by atoms with van der Waals surface area (Å²) in [7, 11) is 0. The topological polar surface area (TPSA) is 49.3 Å². The van der Waals surface area contributed by atoms with Crippen molar-refractivity contribution in [2.45, 2.75) is 18.9 Å². The van der Waals surface area contributed by atoms with Gasteiger partial charge in [0, 0.05) is 11.4 Å². The van der Waals surface area contributed by atoms with E-state index in [0.29, 0.717) is 0 Å². The van der Waals surface area contributed by atoms with Gasteiger partial charge in [0.15, 0.2) is 0 Å². The second-order valence-corrected chi connectivity index (χ2v) is 5.61. The maximum absolute atomic E-state index is 13.5. The van der Waals surface area contributed by atoms with Crippen molar-refractivity contribution in [3.63, 3.8) is 0 Å². The van der Waals surface area contributed by atoms with Crippen LogP contribution in [-0.4, -0.2) is 17.6 Å². The molecule has 1 aromatic heterocycles. The van der Waals surface area contributed by atoms with Gasteiger partial charge >= 0.3 is 0 Å². The summed E-state index contributed by atoms with van der Waals surface area (Å²) in [6.45, 7) is 1.49. The molecule has 21 heavy (non-hydrogen) atoms. The number of carbonyl (C=O) groups is 1. The first-order valence-corrected chi connectivity index (χ1v) is 7.31. The zero-order valence-corrected chi connectivity index (χ0v) is 12.2. The summed E-state index contributed by atoms with van der Waals surface area (Å²) in [5, 5.41) is 14.2. The van der Waals surface area contributed by atoms with Crippen molar-refractivity contribution < 1.29 is 18.7 Å². The van der Waals surface area contributed by atoms with E-state index in [4.69, 9.17) is 0 Å². The molecule has 0 aliphatic rings. The number of benzene rings is 1. The third kappa shape index (κ3) is 3.65. The van der Waals surface area contributed by atoms with Crippen molar-refractivity contribution in [1.29, 1.82) is 0 Å². The number of halogens is 2. The molecule has 0 radical (unpaired) electrons. The number of aliphatic hydroxyl groups is 1. The van der Waals surface area contributed by atoms with E-state index in [2.05, 4.69) is 5.32 Å². The number of aliphatic hydroxyl groups excluding tert-OH is 1. The molecule has 3 nitrogen and oxygen atoms in total. The third-order valence-corrected chi connectivity index (χ3v) is 4.22. The molecular weight excluding hydrogens is 296 g/mol. The smallest absolute Gasteiger partial charge is 0.228 e. The van der Waals surface area contributed by atoms with Crippen LogP contribution in [0.25, 0.3) is 0 Å². The van der Waals surface area contributed by atoms with Crippen LogP contribution in [0.4, 0.5) is 8.78 Å². The Labute approximate surface area is 125 Å². The highest BCUT2D eigenvalue weighted by atomic mass is 32.1. The lowest BCUT2D eigenvalue weighted by molar-refractivity contribution is -0.122. The van der Waals surface area contributed by atoms with E-state index < -0.39 is 23.3 Å². The van der Waals surface area contributed by atoms with Crippen molar-refractivity contribution in [1.82, 2.24) is 5.32 Å². The Bertz CT molecular complexity index is 596. The molecule has 2 atom stereocenters. The highest BCUT2D eigenvalue weighted by molar-refractivity contribution is 7.10. The molecule has 2 aromatic rings. The Morgan fingerprint density at radius 2 is 1.95 bits per heavy atom. The average Bonchev–Trinajstić information content (AvgIpc) is 2.97. The Balaban J connectivity index is 1.98. The summed E-state index contributed by atoms with van der Waals surface area (Å²) in [4.78, 5) is 12.8. The highest BCUT2D eigenvalue weighted by Crippen LogP contribution is 2.22.